The lowest BCUT2D eigenvalue weighted by Crippen LogP contribution is -2.40. The molecule has 194 valence electrons. The Kier molecular flexibility index (Phi) is 7.32. The van der Waals surface area contributed by atoms with E-state index in [1.54, 1.807) is 0 Å². The summed E-state index contributed by atoms with van der Waals surface area (Å²) in [5.74, 6) is -0.640. The number of aliphatic imine (C=N–C) groups is 1. The van der Waals surface area contributed by atoms with Crippen LogP contribution in [0.15, 0.2) is 70.9 Å². The molecule has 5 rings (SSSR count). The molecule has 3 aliphatic rings. The molecule has 0 aromatic heterocycles. The van der Waals surface area contributed by atoms with Gasteiger partial charge in [0.2, 0.25) is 0 Å². The number of ether oxygens (including phenoxy) is 2. The van der Waals surface area contributed by atoms with E-state index >= 15 is 0 Å². The Morgan fingerprint density at radius 1 is 0.973 bits per heavy atom. The van der Waals surface area contributed by atoms with Crippen LogP contribution in [-0.4, -0.2) is 23.6 Å². The SMILES string of the molecule is CC1=NC2=C(C(=O)CC(C)(C)C2)[C@@H](c2ccccc2OCc2ccccc2)C1C(=O)OC1CCCCC1. The Balaban J connectivity index is 1.54. The van der Waals surface area contributed by atoms with Crippen molar-refractivity contribution in [1.82, 2.24) is 0 Å². The van der Waals surface area contributed by atoms with Crippen molar-refractivity contribution in [3.05, 3.63) is 77.0 Å². The van der Waals surface area contributed by atoms with Gasteiger partial charge >= 0.3 is 5.97 Å². The van der Waals surface area contributed by atoms with Crippen molar-refractivity contribution in [2.24, 2.45) is 16.3 Å². The Morgan fingerprint density at radius 2 is 1.68 bits per heavy atom. The van der Waals surface area contributed by atoms with Crippen molar-refractivity contribution >= 4 is 17.5 Å². The lowest BCUT2D eigenvalue weighted by molar-refractivity contribution is -0.153. The molecule has 1 heterocycles. The number of ketones is 1. The van der Waals surface area contributed by atoms with Gasteiger partial charge in [-0.05, 0) is 56.1 Å². The molecule has 0 saturated heterocycles. The van der Waals surface area contributed by atoms with Gasteiger partial charge in [0.1, 0.15) is 24.4 Å². The first-order valence-electron chi connectivity index (χ1n) is 13.6. The molecule has 0 bridgehead atoms. The van der Waals surface area contributed by atoms with Crippen molar-refractivity contribution in [3.63, 3.8) is 0 Å². The molecule has 2 aromatic rings. The highest BCUT2D eigenvalue weighted by Crippen LogP contribution is 2.49. The molecule has 5 heteroatoms. The monoisotopic (exact) mass is 499 g/mol. The lowest BCUT2D eigenvalue weighted by atomic mass is 9.66. The van der Waals surface area contributed by atoms with E-state index in [-0.39, 0.29) is 23.3 Å². The number of hydrogen-bond acceptors (Lipinski definition) is 5. The van der Waals surface area contributed by atoms with E-state index < -0.39 is 11.8 Å². The maximum Gasteiger partial charge on any atom is 0.315 e. The third-order valence-electron chi connectivity index (χ3n) is 7.88. The van der Waals surface area contributed by atoms with E-state index in [2.05, 4.69) is 13.8 Å². The minimum Gasteiger partial charge on any atom is -0.489 e. The largest absolute Gasteiger partial charge is 0.489 e. The Morgan fingerprint density at radius 3 is 2.43 bits per heavy atom. The number of esters is 1. The molecule has 1 fully saturated rings. The second kappa shape index (κ2) is 10.6. The van der Waals surface area contributed by atoms with E-state index in [1.165, 1.54) is 6.42 Å². The summed E-state index contributed by atoms with van der Waals surface area (Å²) >= 11 is 0. The molecular weight excluding hydrogens is 462 g/mol. The predicted octanol–water partition coefficient (Wildman–Crippen LogP) is 6.96. The van der Waals surface area contributed by atoms with Crippen molar-refractivity contribution in [2.75, 3.05) is 0 Å². The lowest BCUT2D eigenvalue weighted by Gasteiger charge is -2.39. The molecule has 0 radical (unpaired) electrons. The molecule has 0 spiro atoms. The maximum atomic E-state index is 13.8. The van der Waals surface area contributed by atoms with Crippen molar-refractivity contribution in [1.29, 1.82) is 0 Å². The fraction of sp³-hybridized carbons (Fsp3) is 0.469. The molecule has 2 aromatic carbocycles. The van der Waals surface area contributed by atoms with Gasteiger partial charge in [-0.2, -0.15) is 0 Å². The summed E-state index contributed by atoms with van der Waals surface area (Å²) in [6, 6.07) is 17.8. The zero-order chi connectivity index (χ0) is 26.0. The summed E-state index contributed by atoms with van der Waals surface area (Å²) in [7, 11) is 0. The molecular formula is C32H37NO4. The van der Waals surface area contributed by atoms with Gasteiger partial charge in [0.05, 0.1) is 0 Å². The standard InChI is InChI=1S/C32H37NO4/c1-21-28(31(35)37-23-14-8-5-9-15-23)29(30-25(33-21)18-32(2,3)19-26(30)34)24-16-10-11-17-27(24)36-20-22-12-6-4-7-13-22/h4,6-7,10-13,16-17,23,28-29H,5,8-9,14-15,18-20H2,1-3H3/t28?,29-/m0/s1. The normalized spacial score (nSPS) is 23.8. The van der Waals surface area contributed by atoms with Crippen LogP contribution in [0.4, 0.5) is 0 Å². The summed E-state index contributed by atoms with van der Waals surface area (Å²) in [4.78, 5) is 32.3. The van der Waals surface area contributed by atoms with Gasteiger partial charge in [-0.25, -0.2) is 0 Å². The summed E-state index contributed by atoms with van der Waals surface area (Å²) in [6.07, 6.45) is 6.24. The molecule has 37 heavy (non-hydrogen) atoms. The molecule has 5 nitrogen and oxygen atoms in total. The molecule has 2 atom stereocenters. The van der Waals surface area contributed by atoms with Crippen LogP contribution in [0.2, 0.25) is 0 Å². The number of carbonyl (C=O) groups excluding carboxylic acids is 2. The topological polar surface area (TPSA) is 65.0 Å². The first-order valence-corrected chi connectivity index (χ1v) is 13.6. The van der Waals surface area contributed by atoms with Crippen LogP contribution in [-0.2, 0) is 20.9 Å². The van der Waals surface area contributed by atoms with E-state index in [1.807, 2.05) is 61.5 Å². The number of Topliss-reactive ketones (excluding diaryl/α,β-unsaturated/α-hetero) is 1. The number of para-hydroxylation sites is 1. The minimum absolute atomic E-state index is 0.0596. The minimum atomic E-state index is -0.646. The average molecular weight is 500 g/mol. The van der Waals surface area contributed by atoms with Crippen LogP contribution < -0.4 is 4.74 Å². The summed E-state index contributed by atoms with van der Waals surface area (Å²) < 4.78 is 12.4. The van der Waals surface area contributed by atoms with Crippen LogP contribution >= 0.6 is 0 Å². The fourth-order valence-electron chi connectivity index (χ4n) is 6.11. The Hall–Kier alpha value is -3.21. The van der Waals surface area contributed by atoms with Crippen molar-refractivity contribution < 1.29 is 19.1 Å². The quantitative estimate of drug-likeness (QED) is 0.403. The van der Waals surface area contributed by atoms with Gasteiger partial charge in [0.15, 0.2) is 5.78 Å². The van der Waals surface area contributed by atoms with Gasteiger partial charge < -0.3 is 9.47 Å². The number of nitrogens with zero attached hydrogens (tertiary/aromatic N) is 1. The third kappa shape index (κ3) is 5.56. The molecule has 0 N–H and O–H groups in total. The first kappa shape index (κ1) is 25.4. The maximum absolute atomic E-state index is 13.8. The molecule has 2 aliphatic carbocycles. The number of rotatable bonds is 6. The van der Waals surface area contributed by atoms with E-state index in [4.69, 9.17) is 14.5 Å². The van der Waals surface area contributed by atoms with E-state index in [9.17, 15) is 9.59 Å². The fourth-order valence-corrected chi connectivity index (χ4v) is 6.11. The zero-order valence-corrected chi connectivity index (χ0v) is 22.2. The van der Waals surface area contributed by atoms with Gasteiger partial charge in [-0.1, -0.05) is 68.8 Å². The number of allylic oxidation sites excluding steroid dienone is 2. The van der Waals surface area contributed by atoms with Gasteiger partial charge in [-0.3, -0.25) is 14.6 Å². The molecule has 1 aliphatic heterocycles. The Bertz CT molecular complexity index is 1220. The second-order valence-corrected chi connectivity index (χ2v) is 11.5. The highest BCUT2D eigenvalue weighted by atomic mass is 16.5. The summed E-state index contributed by atoms with van der Waals surface area (Å²) in [5, 5.41) is 0. The van der Waals surface area contributed by atoms with Crippen LogP contribution in [0, 0.1) is 11.3 Å². The number of carbonyl (C=O) groups is 2. The zero-order valence-electron chi connectivity index (χ0n) is 22.2. The van der Waals surface area contributed by atoms with E-state index in [0.29, 0.717) is 36.5 Å². The highest BCUT2D eigenvalue weighted by molar-refractivity contribution is 6.09. The summed E-state index contributed by atoms with van der Waals surface area (Å²) in [5.41, 5.74) is 3.92. The number of hydrogen-bond donors (Lipinski definition) is 0. The van der Waals surface area contributed by atoms with Gasteiger partial charge in [-0.15, -0.1) is 0 Å². The first-order chi connectivity index (χ1) is 17.8. The summed E-state index contributed by atoms with van der Waals surface area (Å²) in [6.45, 7) is 6.52. The molecule has 1 unspecified atom stereocenters. The second-order valence-electron chi connectivity index (χ2n) is 11.5. The van der Waals surface area contributed by atoms with Gasteiger partial charge in [0.25, 0.3) is 0 Å². The van der Waals surface area contributed by atoms with Crippen LogP contribution in [0.3, 0.4) is 0 Å². The number of benzene rings is 2. The van der Waals surface area contributed by atoms with E-state index in [0.717, 1.165) is 42.5 Å². The predicted molar refractivity (Wildman–Crippen MR) is 145 cm³/mol. The third-order valence-corrected chi connectivity index (χ3v) is 7.88. The molecule has 1 saturated carbocycles. The smallest absolute Gasteiger partial charge is 0.315 e. The van der Waals surface area contributed by atoms with Crippen molar-refractivity contribution in [3.8, 4) is 5.75 Å². The Labute approximate surface area is 220 Å². The molecule has 0 amide bonds. The highest BCUT2D eigenvalue weighted by Gasteiger charge is 2.47. The van der Waals surface area contributed by atoms with Gasteiger partial charge in [0, 0.05) is 34.9 Å². The van der Waals surface area contributed by atoms with Crippen LogP contribution in [0.5, 0.6) is 5.75 Å². The van der Waals surface area contributed by atoms with Crippen LogP contribution in [0.25, 0.3) is 0 Å². The van der Waals surface area contributed by atoms with Crippen LogP contribution in [0.1, 0.15) is 82.8 Å². The average Bonchev–Trinajstić information content (AvgIpc) is 2.87. The van der Waals surface area contributed by atoms with Crippen molar-refractivity contribution in [2.45, 2.75) is 84.3 Å².